The van der Waals surface area contributed by atoms with Crippen molar-refractivity contribution in [3.05, 3.63) is 58.7 Å². The molecule has 0 aromatic heterocycles. The maximum absolute atomic E-state index is 13.7. The lowest BCUT2D eigenvalue weighted by atomic mass is 9.77. The average molecular weight is 577 g/mol. The van der Waals surface area contributed by atoms with Crippen molar-refractivity contribution in [3.63, 3.8) is 0 Å². The van der Waals surface area contributed by atoms with Gasteiger partial charge in [0.1, 0.15) is 0 Å². The van der Waals surface area contributed by atoms with Crippen molar-refractivity contribution in [3.8, 4) is 11.5 Å². The summed E-state index contributed by atoms with van der Waals surface area (Å²) in [5.74, 6) is -1.48. The molecule has 1 N–H and O–H groups in total. The van der Waals surface area contributed by atoms with Crippen molar-refractivity contribution in [1.29, 1.82) is 0 Å². The number of carbonyl (C=O) groups excluding carboxylic acids is 2. The monoisotopic (exact) mass is 577 g/mol. The molecule has 2 aromatic carbocycles. The van der Waals surface area contributed by atoms with Crippen LogP contribution in [0, 0.1) is 0 Å². The van der Waals surface area contributed by atoms with E-state index in [9.17, 15) is 41.0 Å². The number of benzene rings is 2. The Bertz CT molecular complexity index is 1310. The molecule has 14 heteroatoms. The van der Waals surface area contributed by atoms with E-state index in [1.54, 1.807) is 6.92 Å². The zero-order chi connectivity index (χ0) is 30.2. The maximum atomic E-state index is 13.7. The molecule has 2 atom stereocenters. The predicted octanol–water partition coefficient (Wildman–Crippen LogP) is 5.55. The number of hydrogen-bond acceptors (Lipinski definition) is 7. The van der Waals surface area contributed by atoms with Crippen LogP contribution in [0.3, 0.4) is 0 Å². The van der Waals surface area contributed by atoms with E-state index >= 15 is 0 Å². The van der Waals surface area contributed by atoms with Gasteiger partial charge < -0.3 is 24.1 Å². The Morgan fingerprint density at radius 1 is 0.875 bits per heavy atom. The second-order valence-corrected chi connectivity index (χ2v) is 8.61. The summed E-state index contributed by atoms with van der Waals surface area (Å²) in [4.78, 5) is 27.1. The third kappa shape index (κ3) is 5.40. The van der Waals surface area contributed by atoms with Gasteiger partial charge in [-0.05, 0) is 38.1 Å². The molecule has 0 aliphatic carbocycles. The zero-order valence-electron chi connectivity index (χ0n) is 21.9. The van der Waals surface area contributed by atoms with E-state index < -0.39 is 58.3 Å². The molecule has 1 heterocycles. The van der Waals surface area contributed by atoms with E-state index in [4.69, 9.17) is 14.2 Å². The molecule has 0 fully saturated rings. The summed E-state index contributed by atoms with van der Waals surface area (Å²) in [7, 11) is 3.34. The molecule has 8 nitrogen and oxygen atoms in total. The normalized spacial score (nSPS) is 16.9. The number of esters is 1. The number of amides is 1. The number of carbonyl (C=O) groups is 2. The lowest BCUT2D eigenvalue weighted by Gasteiger charge is -2.38. The minimum atomic E-state index is -5.27. The first kappa shape index (κ1) is 30.6. The van der Waals surface area contributed by atoms with Gasteiger partial charge in [-0.15, -0.1) is 0 Å². The van der Waals surface area contributed by atoms with Crippen molar-refractivity contribution < 1.29 is 60.0 Å². The van der Waals surface area contributed by atoms with E-state index in [1.807, 2.05) is 0 Å². The van der Waals surface area contributed by atoms with Gasteiger partial charge in [-0.2, -0.15) is 26.3 Å². The second-order valence-electron chi connectivity index (χ2n) is 8.61. The molecule has 1 aliphatic rings. The number of hydrogen-bond donors (Lipinski definition) is 1. The lowest BCUT2D eigenvalue weighted by molar-refractivity contribution is -0.158. The van der Waals surface area contributed by atoms with Crippen LogP contribution in [0.1, 0.15) is 36.1 Å². The molecule has 2 aromatic rings. The van der Waals surface area contributed by atoms with Crippen LogP contribution in [0.2, 0.25) is 0 Å². The summed E-state index contributed by atoms with van der Waals surface area (Å²) >= 11 is 0. The van der Waals surface area contributed by atoms with Gasteiger partial charge in [0.05, 0.1) is 50.8 Å². The summed E-state index contributed by atoms with van der Waals surface area (Å²) in [5.41, 5.74) is -8.44. The van der Waals surface area contributed by atoms with Crippen LogP contribution in [0.4, 0.5) is 36.8 Å². The Morgan fingerprint density at radius 3 is 1.82 bits per heavy atom. The van der Waals surface area contributed by atoms with Crippen LogP contribution >= 0.6 is 0 Å². The molecule has 218 valence electrons. The highest BCUT2D eigenvalue weighted by molar-refractivity contribution is 6.04. The number of alkyl halides is 6. The summed E-state index contributed by atoms with van der Waals surface area (Å²) in [6.07, 6.45) is -10.3. The van der Waals surface area contributed by atoms with E-state index in [-0.39, 0.29) is 47.6 Å². The van der Waals surface area contributed by atoms with Gasteiger partial charge in [0, 0.05) is 22.8 Å². The quantitative estimate of drug-likeness (QED) is 0.356. The second kappa shape index (κ2) is 10.9. The fourth-order valence-corrected chi connectivity index (χ4v) is 4.38. The Hall–Kier alpha value is -3.94. The third-order valence-electron chi connectivity index (χ3n) is 6.21. The van der Waals surface area contributed by atoms with E-state index in [2.05, 4.69) is 4.74 Å². The molecule has 3 rings (SSSR count). The topological polar surface area (TPSA) is 94.5 Å². The first-order valence-corrected chi connectivity index (χ1v) is 11.6. The van der Waals surface area contributed by atoms with Gasteiger partial charge in [-0.3, -0.25) is 4.90 Å². The summed E-state index contributed by atoms with van der Waals surface area (Å²) in [6, 6.07) is 1.81. The number of methoxy groups -OCH3 is 3. The van der Waals surface area contributed by atoms with Crippen molar-refractivity contribution in [2.24, 2.45) is 0 Å². The SMILES string of the molecule is CCOC(=O)N1c2cc(OC)c(OC)cc2C(C(O)(C(=O)OC)c2cc(C(F)(F)F)cc(C(F)(F)F)c2)=C[C@H]1C. The van der Waals surface area contributed by atoms with Crippen molar-refractivity contribution in [2.75, 3.05) is 32.8 Å². The van der Waals surface area contributed by atoms with Crippen LogP contribution in [0.15, 0.2) is 36.4 Å². The van der Waals surface area contributed by atoms with Gasteiger partial charge in [-0.1, -0.05) is 6.08 Å². The van der Waals surface area contributed by atoms with Gasteiger partial charge in [0.25, 0.3) is 0 Å². The number of fused-ring (bicyclic) bond motifs is 1. The molecule has 0 saturated heterocycles. The molecule has 1 amide bonds. The van der Waals surface area contributed by atoms with Crippen molar-refractivity contribution >= 4 is 23.3 Å². The van der Waals surface area contributed by atoms with E-state index in [0.29, 0.717) is 0 Å². The third-order valence-corrected chi connectivity index (χ3v) is 6.21. The fraction of sp³-hybridized carbons (Fsp3) is 0.385. The highest BCUT2D eigenvalue weighted by atomic mass is 19.4. The van der Waals surface area contributed by atoms with Crippen LogP contribution in [0.5, 0.6) is 11.5 Å². The smallest absolute Gasteiger partial charge is 0.416 e. The summed E-state index contributed by atoms with van der Waals surface area (Å²) < 4.78 is 102. The van der Waals surface area contributed by atoms with Crippen molar-refractivity contribution in [2.45, 2.75) is 37.8 Å². The zero-order valence-corrected chi connectivity index (χ0v) is 21.9. The molecular weight excluding hydrogens is 552 g/mol. The molecule has 40 heavy (non-hydrogen) atoms. The van der Waals surface area contributed by atoms with Gasteiger partial charge in [-0.25, -0.2) is 9.59 Å². The summed E-state index contributed by atoms with van der Waals surface area (Å²) in [6.45, 7) is 2.95. The van der Waals surface area contributed by atoms with E-state index in [0.717, 1.165) is 18.1 Å². The Morgan fingerprint density at radius 2 is 1.38 bits per heavy atom. The average Bonchev–Trinajstić information content (AvgIpc) is 2.89. The molecule has 1 unspecified atom stereocenters. The van der Waals surface area contributed by atoms with Gasteiger partial charge in [0.15, 0.2) is 11.5 Å². The standard InChI is InChI=1S/C26H25F6NO7/c1-6-40-23(35)33-13(2)7-18(17-11-20(37-3)21(38-4)12-19(17)33)24(36,22(34)39-5)14-8-15(25(27,28)29)10-16(9-14)26(30,31)32/h7-13,36H,6H2,1-5H3/t13-,24?/m1/s1. The van der Waals surface area contributed by atoms with Crippen LogP contribution < -0.4 is 14.4 Å². The summed E-state index contributed by atoms with van der Waals surface area (Å²) in [5, 5.41) is 11.9. The number of aliphatic hydroxyl groups is 1. The molecule has 1 aliphatic heterocycles. The first-order valence-electron chi connectivity index (χ1n) is 11.6. The number of rotatable bonds is 6. The Labute approximate surface area is 224 Å². The maximum Gasteiger partial charge on any atom is 0.416 e. The van der Waals surface area contributed by atoms with Crippen LogP contribution in [-0.2, 0) is 32.2 Å². The Kier molecular flexibility index (Phi) is 8.35. The predicted molar refractivity (Wildman–Crippen MR) is 129 cm³/mol. The largest absolute Gasteiger partial charge is 0.493 e. The fourth-order valence-electron chi connectivity index (χ4n) is 4.38. The highest BCUT2D eigenvalue weighted by Crippen LogP contribution is 2.50. The molecule has 0 spiro atoms. The molecule has 0 bridgehead atoms. The minimum Gasteiger partial charge on any atom is -0.493 e. The molecular formula is C26H25F6NO7. The lowest BCUT2D eigenvalue weighted by Crippen LogP contribution is -2.45. The number of ether oxygens (including phenoxy) is 4. The number of anilines is 1. The molecule has 0 radical (unpaired) electrons. The Balaban J connectivity index is 2.45. The minimum absolute atomic E-state index is 0.0118. The highest BCUT2D eigenvalue weighted by Gasteiger charge is 2.50. The van der Waals surface area contributed by atoms with E-state index in [1.165, 1.54) is 33.3 Å². The van der Waals surface area contributed by atoms with Crippen LogP contribution in [0.25, 0.3) is 5.57 Å². The number of halogens is 6. The van der Waals surface area contributed by atoms with Gasteiger partial charge >= 0.3 is 24.4 Å². The molecule has 0 saturated carbocycles. The first-order chi connectivity index (χ1) is 18.5. The number of nitrogens with zero attached hydrogens (tertiary/aromatic N) is 1. The van der Waals surface area contributed by atoms with Crippen molar-refractivity contribution in [1.82, 2.24) is 0 Å². The van der Waals surface area contributed by atoms with Gasteiger partial charge in [0.2, 0.25) is 5.60 Å². The van der Waals surface area contributed by atoms with Crippen LogP contribution in [-0.4, -0.2) is 51.1 Å².